The molecule has 3 heteroatoms. The number of hydrogen-bond donors (Lipinski definition) is 1. The second kappa shape index (κ2) is 5.10. The summed E-state index contributed by atoms with van der Waals surface area (Å²) in [5.74, 6) is -0.0110. The second-order valence-electron chi connectivity index (χ2n) is 5.11. The van der Waals surface area contributed by atoms with E-state index in [2.05, 4.69) is 19.1 Å². The first-order chi connectivity index (χ1) is 9.72. The van der Waals surface area contributed by atoms with Crippen LogP contribution in [0.15, 0.2) is 54.6 Å². The quantitative estimate of drug-likeness (QED) is 0.868. The van der Waals surface area contributed by atoms with Crippen molar-refractivity contribution < 1.29 is 4.79 Å². The van der Waals surface area contributed by atoms with Gasteiger partial charge in [-0.25, -0.2) is 0 Å². The van der Waals surface area contributed by atoms with Crippen LogP contribution in [0.25, 0.3) is 0 Å². The summed E-state index contributed by atoms with van der Waals surface area (Å²) in [6.07, 6.45) is 0.996. The van der Waals surface area contributed by atoms with Crippen LogP contribution in [-0.2, 0) is 11.2 Å². The third-order valence-electron chi connectivity index (χ3n) is 3.90. The van der Waals surface area contributed by atoms with E-state index in [-0.39, 0.29) is 11.9 Å². The monoisotopic (exact) mass is 266 g/mol. The summed E-state index contributed by atoms with van der Waals surface area (Å²) in [6.45, 7) is 2.12. The van der Waals surface area contributed by atoms with Crippen LogP contribution in [-0.4, -0.2) is 11.9 Å². The van der Waals surface area contributed by atoms with Gasteiger partial charge in [0.05, 0.1) is 6.04 Å². The zero-order valence-corrected chi connectivity index (χ0v) is 11.5. The topological polar surface area (TPSA) is 46.3 Å². The van der Waals surface area contributed by atoms with E-state index in [1.54, 1.807) is 4.90 Å². The highest BCUT2D eigenvalue weighted by Crippen LogP contribution is 2.37. The number of nitrogens with zero attached hydrogens (tertiary/aromatic N) is 1. The van der Waals surface area contributed by atoms with E-state index in [1.807, 2.05) is 42.5 Å². The summed E-state index contributed by atoms with van der Waals surface area (Å²) in [7, 11) is 0. The van der Waals surface area contributed by atoms with E-state index in [1.165, 1.54) is 5.56 Å². The van der Waals surface area contributed by atoms with Gasteiger partial charge in [0, 0.05) is 5.69 Å². The molecule has 0 aromatic heterocycles. The van der Waals surface area contributed by atoms with E-state index in [4.69, 9.17) is 5.73 Å². The van der Waals surface area contributed by atoms with E-state index in [9.17, 15) is 4.79 Å². The van der Waals surface area contributed by atoms with Crippen LogP contribution in [0.4, 0.5) is 5.69 Å². The SMILES string of the molecule is CCc1ccc(N2C(=O)[C@@H](N)[C@@H]2c2ccccc2)cc1. The van der Waals surface area contributed by atoms with Crippen molar-refractivity contribution in [2.45, 2.75) is 25.4 Å². The van der Waals surface area contributed by atoms with Crippen LogP contribution in [0.2, 0.25) is 0 Å². The fraction of sp³-hybridized carbons (Fsp3) is 0.235. The molecule has 1 heterocycles. The zero-order valence-electron chi connectivity index (χ0n) is 11.5. The number of amides is 1. The molecule has 0 radical (unpaired) electrons. The Bertz CT molecular complexity index is 607. The maximum absolute atomic E-state index is 12.1. The van der Waals surface area contributed by atoms with Gasteiger partial charge in [-0.3, -0.25) is 4.79 Å². The van der Waals surface area contributed by atoms with E-state index in [0.717, 1.165) is 17.7 Å². The minimum atomic E-state index is -0.441. The second-order valence-corrected chi connectivity index (χ2v) is 5.11. The van der Waals surface area contributed by atoms with Crippen LogP contribution in [0.3, 0.4) is 0 Å². The fourth-order valence-corrected chi connectivity index (χ4v) is 2.70. The lowest BCUT2D eigenvalue weighted by Crippen LogP contribution is -2.63. The summed E-state index contributed by atoms with van der Waals surface area (Å²) in [5.41, 5.74) is 9.26. The van der Waals surface area contributed by atoms with Gasteiger partial charge < -0.3 is 10.6 Å². The van der Waals surface area contributed by atoms with Crippen molar-refractivity contribution in [3.8, 4) is 0 Å². The molecule has 1 aliphatic heterocycles. The average Bonchev–Trinajstić information content (AvgIpc) is 2.52. The highest BCUT2D eigenvalue weighted by atomic mass is 16.2. The van der Waals surface area contributed by atoms with E-state index in [0.29, 0.717) is 0 Å². The van der Waals surface area contributed by atoms with Crippen molar-refractivity contribution >= 4 is 11.6 Å². The molecule has 102 valence electrons. The molecule has 3 nitrogen and oxygen atoms in total. The molecule has 20 heavy (non-hydrogen) atoms. The standard InChI is InChI=1S/C17H18N2O/c1-2-12-8-10-14(11-9-12)19-16(15(18)17(19)20)13-6-4-3-5-7-13/h3-11,15-16H,2,18H2,1H3/t15-,16-/m0/s1. The van der Waals surface area contributed by atoms with Gasteiger partial charge in [-0.1, -0.05) is 49.4 Å². The number of hydrogen-bond acceptors (Lipinski definition) is 2. The van der Waals surface area contributed by atoms with Crippen molar-refractivity contribution in [3.63, 3.8) is 0 Å². The molecule has 2 atom stereocenters. The number of rotatable bonds is 3. The van der Waals surface area contributed by atoms with Gasteiger partial charge in [-0.05, 0) is 29.7 Å². The highest BCUT2D eigenvalue weighted by molar-refractivity contribution is 6.05. The van der Waals surface area contributed by atoms with Gasteiger partial charge >= 0.3 is 0 Å². The molecule has 1 fully saturated rings. The van der Waals surface area contributed by atoms with Crippen LogP contribution in [0, 0.1) is 0 Å². The number of carbonyl (C=O) groups excluding carboxylic acids is 1. The predicted octanol–water partition coefficient (Wildman–Crippen LogP) is 2.66. The summed E-state index contributed by atoms with van der Waals surface area (Å²) in [5, 5.41) is 0. The molecule has 0 aliphatic carbocycles. The lowest BCUT2D eigenvalue weighted by Gasteiger charge is -2.45. The number of benzene rings is 2. The summed E-state index contributed by atoms with van der Waals surface area (Å²) >= 11 is 0. The molecule has 2 aromatic carbocycles. The zero-order chi connectivity index (χ0) is 14.1. The van der Waals surface area contributed by atoms with Gasteiger partial charge in [0.2, 0.25) is 5.91 Å². The molecule has 0 saturated carbocycles. The Hall–Kier alpha value is -2.13. The predicted molar refractivity (Wildman–Crippen MR) is 80.5 cm³/mol. The Kier molecular flexibility index (Phi) is 3.28. The number of anilines is 1. The van der Waals surface area contributed by atoms with Gasteiger partial charge in [0.25, 0.3) is 0 Å². The molecular weight excluding hydrogens is 248 g/mol. The van der Waals surface area contributed by atoms with Crippen molar-refractivity contribution in [1.82, 2.24) is 0 Å². The molecule has 1 amide bonds. The Morgan fingerprint density at radius 3 is 2.30 bits per heavy atom. The fourth-order valence-electron chi connectivity index (χ4n) is 2.70. The van der Waals surface area contributed by atoms with Crippen molar-refractivity contribution in [3.05, 3.63) is 65.7 Å². The minimum absolute atomic E-state index is 0.0110. The molecule has 3 rings (SSSR count). The van der Waals surface area contributed by atoms with Gasteiger partial charge in [-0.15, -0.1) is 0 Å². The lowest BCUT2D eigenvalue weighted by atomic mass is 9.88. The molecule has 0 unspecified atom stereocenters. The van der Waals surface area contributed by atoms with Crippen molar-refractivity contribution in [2.24, 2.45) is 5.73 Å². The van der Waals surface area contributed by atoms with Gasteiger partial charge in [0.15, 0.2) is 0 Å². The molecule has 0 bridgehead atoms. The third kappa shape index (κ3) is 2.00. The summed E-state index contributed by atoms with van der Waals surface area (Å²) < 4.78 is 0. The van der Waals surface area contributed by atoms with Crippen LogP contribution >= 0.6 is 0 Å². The van der Waals surface area contributed by atoms with E-state index < -0.39 is 6.04 Å². The lowest BCUT2D eigenvalue weighted by molar-refractivity contribution is -0.126. The van der Waals surface area contributed by atoms with Crippen LogP contribution in [0.1, 0.15) is 24.1 Å². The normalized spacial score (nSPS) is 21.7. The average molecular weight is 266 g/mol. The van der Waals surface area contributed by atoms with Crippen molar-refractivity contribution in [2.75, 3.05) is 4.90 Å². The molecular formula is C17H18N2O. The first-order valence-electron chi connectivity index (χ1n) is 6.95. The molecule has 0 spiro atoms. The van der Waals surface area contributed by atoms with Crippen LogP contribution < -0.4 is 10.6 Å². The van der Waals surface area contributed by atoms with Crippen LogP contribution in [0.5, 0.6) is 0 Å². The molecule has 2 aromatic rings. The maximum Gasteiger partial charge on any atom is 0.247 e. The smallest absolute Gasteiger partial charge is 0.247 e. The summed E-state index contributed by atoms with van der Waals surface area (Å²) in [4.78, 5) is 13.9. The largest absolute Gasteiger partial charge is 0.318 e. The van der Waals surface area contributed by atoms with Crippen molar-refractivity contribution in [1.29, 1.82) is 0 Å². The maximum atomic E-state index is 12.1. The Morgan fingerprint density at radius 2 is 1.70 bits per heavy atom. The Labute approximate surface area is 119 Å². The minimum Gasteiger partial charge on any atom is -0.318 e. The van der Waals surface area contributed by atoms with Gasteiger partial charge in [0.1, 0.15) is 6.04 Å². The number of β-lactam (4-membered cyclic amide) rings is 1. The number of nitrogens with two attached hydrogens (primary N) is 1. The number of carbonyl (C=O) groups is 1. The third-order valence-corrected chi connectivity index (χ3v) is 3.90. The first-order valence-corrected chi connectivity index (χ1v) is 6.95. The molecule has 1 saturated heterocycles. The number of aryl methyl sites for hydroxylation is 1. The first kappa shape index (κ1) is 12.9. The Morgan fingerprint density at radius 1 is 1.05 bits per heavy atom. The Balaban J connectivity index is 1.92. The van der Waals surface area contributed by atoms with E-state index >= 15 is 0 Å². The van der Waals surface area contributed by atoms with Gasteiger partial charge in [-0.2, -0.15) is 0 Å². The summed E-state index contributed by atoms with van der Waals surface area (Å²) in [6, 6.07) is 17.6. The molecule has 2 N–H and O–H groups in total. The highest BCUT2D eigenvalue weighted by Gasteiger charge is 2.46. The molecule has 1 aliphatic rings.